The van der Waals surface area contributed by atoms with Gasteiger partial charge in [-0.05, 0) is 29.7 Å². The van der Waals surface area contributed by atoms with E-state index in [-0.39, 0.29) is 11.4 Å². The Bertz CT molecular complexity index is 877. The maximum atomic E-state index is 13.1. The van der Waals surface area contributed by atoms with Gasteiger partial charge in [0.25, 0.3) is 0 Å². The van der Waals surface area contributed by atoms with E-state index in [4.69, 9.17) is 5.73 Å². The molecule has 0 radical (unpaired) electrons. The summed E-state index contributed by atoms with van der Waals surface area (Å²) in [5.74, 6) is -1.81. The van der Waals surface area contributed by atoms with Crippen LogP contribution in [0.25, 0.3) is 0 Å². The summed E-state index contributed by atoms with van der Waals surface area (Å²) in [5, 5.41) is 8.71. The summed E-state index contributed by atoms with van der Waals surface area (Å²) in [6.07, 6.45) is 0.859. The number of rotatable bonds is 6. The van der Waals surface area contributed by atoms with Crippen molar-refractivity contribution in [3.8, 4) is 0 Å². The predicted molar refractivity (Wildman–Crippen MR) is 95.1 cm³/mol. The molecule has 0 spiro atoms. The van der Waals surface area contributed by atoms with Crippen molar-refractivity contribution in [1.82, 2.24) is 0 Å². The zero-order valence-corrected chi connectivity index (χ0v) is 14.7. The molecule has 0 bridgehead atoms. The van der Waals surface area contributed by atoms with Crippen LogP contribution in [0, 0.1) is 5.41 Å². The topological polar surface area (TPSA) is 97.5 Å². The maximum absolute atomic E-state index is 13.1. The standard InChI is InChI=1S/C19H21NO4S/c1-2-13-8-10-14(11-9-13)16-17(19(16,12-20)18(21)22)25(23,24)15-6-4-3-5-7-15/h3-11,16-17H,2,12,20H2,1H3,(H,21,22)/t16-,17+,19+/m1/s1. The quantitative estimate of drug-likeness (QED) is 0.824. The van der Waals surface area contributed by atoms with Crippen LogP contribution in [0.1, 0.15) is 24.0 Å². The van der Waals surface area contributed by atoms with Crippen LogP contribution >= 0.6 is 0 Å². The smallest absolute Gasteiger partial charge is 0.312 e. The van der Waals surface area contributed by atoms with Crippen molar-refractivity contribution in [2.24, 2.45) is 11.1 Å². The summed E-state index contributed by atoms with van der Waals surface area (Å²) in [7, 11) is -3.80. The normalized spacial score (nSPS) is 25.5. The van der Waals surface area contributed by atoms with Crippen molar-refractivity contribution in [2.75, 3.05) is 6.54 Å². The van der Waals surface area contributed by atoms with Crippen LogP contribution in [0.2, 0.25) is 0 Å². The lowest BCUT2D eigenvalue weighted by atomic mass is 9.98. The number of sulfone groups is 1. The second kappa shape index (κ2) is 6.28. The number of hydrogen-bond donors (Lipinski definition) is 2. The van der Waals surface area contributed by atoms with E-state index in [1.807, 2.05) is 31.2 Å². The molecule has 0 unspecified atom stereocenters. The molecule has 132 valence electrons. The summed E-state index contributed by atoms with van der Waals surface area (Å²) < 4.78 is 26.1. The molecule has 1 fully saturated rings. The van der Waals surface area contributed by atoms with Crippen molar-refractivity contribution in [2.45, 2.75) is 29.4 Å². The maximum Gasteiger partial charge on any atom is 0.312 e. The molecule has 1 aliphatic rings. The van der Waals surface area contributed by atoms with Gasteiger partial charge in [-0.2, -0.15) is 0 Å². The molecule has 1 saturated carbocycles. The van der Waals surface area contributed by atoms with E-state index in [1.165, 1.54) is 12.1 Å². The van der Waals surface area contributed by atoms with Gasteiger partial charge in [-0.25, -0.2) is 8.42 Å². The van der Waals surface area contributed by atoms with Crippen molar-refractivity contribution < 1.29 is 18.3 Å². The van der Waals surface area contributed by atoms with E-state index >= 15 is 0 Å². The highest BCUT2D eigenvalue weighted by Gasteiger charge is 2.75. The van der Waals surface area contributed by atoms with Gasteiger partial charge in [-0.1, -0.05) is 49.4 Å². The molecule has 0 saturated heterocycles. The van der Waals surface area contributed by atoms with E-state index in [0.717, 1.165) is 12.0 Å². The SMILES string of the molecule is CCc1ccc([C@@H]2[C@H](S(=O)(=O)c3ccccc3)[C@@]2(CN)C(=O)O)cc1. The van der Waals surface area contributed by atoms with Gasteiger partial charge < -0.3 is 10.8 Å². The van der Waals surface area contributed by atoms with E-state index in [2.05, 4.69) is 0 Å². The Balaban J connectivity index is 2.08. The van der Waals surface area contributed by atoms with Crippen molar-refractivity contribution in [1.29, 1.82) is 0 Å². The van der Waals surface area contributed by atoms with Crippen molar-refractivity contribution in [3.63, 3.8) is 0 Å². The summed E-state index contributed by atoms with van der Waals surface area (Å²) in [5.41, 5.74) is 6.10. The lowest BCUT2D eigenvalue weighted by Crippen LogP contribution is -2.31. The van der Waals surface area contributed by atoms with Crippen LogP contribution in [-0.2, 0) is 21.1 Å². The summed E-state index contributed by atoms with van der Waals surface area (Å²) in [6.45, 7) is 1.80. The Morgan fingerprint density at radius 1 is 1.12 bits per heavy atom. The van der Waals surface area contributed by atoms with Crippen LogP contribution in [-0.4, -0.2) is 31.3 Å². The Morgan fingerprint density at radius 2 is 1.72 bits per heavy atom. The number of nitrogens with two attached hydrogens (primary N) is 1. The molecular formula is C19H21NO4S. The molecule has 0 heterocycles. The van der Waals surface area contributed by atoms with E-state index in [1.54, 1.807) is 18.2 Å². The molecule has 2 aromatic rings. The Kier molecular flexibility index (Phi) is 4.43. The van der Waals surface area contributed by atoms with Crippen LogP contribution in [0.5, 0.6) is 0 Å². The van der Waals surface area contributed by atoms with Crippen LogP contribution in [0.15, 0.2) is 59.5 Å². The number of aliphatic carboxylic acids is 1. The second-order valence-electron chi connectivity index (χ2n) is 6.40. The molecular weight excluding hydrogens is 338 g/mol. The van der Waals surface area contributed by atoms with Gasteiger partial charge in [-0.3, -0.25) is 4.79 Å². The van der Waals surface area contributed by atoms with Gasteiger partial charge >= 0.3 is 5.97 Å². The van der Waals surface area contributed by atoms with Gasteiger partial charge in [0.1, 0.15) is 5.41 Å². The largest absolute Gasteiger partial charge is 0.481 e. The number of carboxylic acid groups (broad SMARTS) is 1. The average Bonchev–Trinajstić information content (AvgIpc) is 3.34. The number of benzene rings is 2. The first kappa shape index (κ1) is 17.6. The lowest BCUT2D eigenvalue weighted by Gasteiger charge is -2.10. The average molecular weight is 359 g/mol. The van der Waals surface area contributed by atoms with Gasteiger partial charge in [0.2, 0.25) is 0 Å². The minimum absolute atomic E-state index is 0.131. The fraction of sp³-hybridized carbons (Fsp3) is 0.316. The van der Waals surface area contributed by atoms with Crippen molar-refractivity contribution >= 4 is 15.8 Å². The Labute approximate surface area is 147 Å². The van der Waals surface area contributed by atoms with Crippen LogP contribution < -0.4 is 5.73 Å². The Hall–Kier alpha value is -2.18. The van der Waals surface area contributed by atoms with Crippen LogP contribution in [0.3, 0.4) is 0 Å². The zero-order chi connectivity index (χ0) is 18.2. The first-order valence-corrected chi connectivity index (χ1v) is 9.75. The number of hydrogen-bond acceptors (Lipinski definition) is 4. The van der Waals surface area contributed by atoms with E-state index in [9.17, 15) is 18.3 Å². The molecule has 2 aromatic carbocycles. The summed E-state index contributed by atoms with van der Waals surface area (Å²) >= 11 is 0. The number of aryl methyl sites for hydroxylation is 1. The molecule has 3 N–H and O–H groups in total. The minimum Gasteiger partial charge on any atom is -0.481 e. The molecule has 0 amide bonds. The third-order valence-corrected chi connectivity index (χ3v) is 7.44. The molecule has 3 atom stereocenters. The molecule has 0 aliphatic heterocycles. The van der Waals surface area contributed by atoms with Gasteiger partial charge in [0, 0.05) is 12.5 Å². The molecule has 0 aromatic heterocycles. The molecule has 6 heteroatoms. The fourth-order valence-corrected chi connectivity index (χ4v) is 6.04. The highest BCUT2D eigenvalue weighted by molar-refractivity contribution is 7.92. The van der Waals surface area contributed by atoms with Crippen LogP contribution in [0.4, 0.5) is 0 Å². The number of carbonyl (C=O) groups is 1. The highest BCUT2D eigenvalue weighted by Crippen LogP contribution is 2.63. The first-order chi connectivity index (χ1) is 11.9. The lowest BCUT2D eigenvalue weighted by molar-refractivity contribution is -0.143. The van der Waals surface area contributed by atoms with E-state index in [0.29, 0.717) is 5.56 Å². The molecule has 5 nitrogen and oxygen atoms in total. The van der Waals surface area contributed by atoms with Gasteiger partial charge in [0.15, 0.2) is 9.84 Å². The number of carboxylic acids is 1. The summed E-state index contributed by atoms with van der Waals surface area (Å²) in [6, 6.07) is 15.4. The van der Waals surface area contributed by atoms with E-state index < -0.39 is 32.4 Å². The van der Waals surface area contributed by atoms with Gasteiger partial charge in [-0.15, -0.1) is 0 Å². The monoisotopic (exact) mass is 359 g/mol. The van der Waals surface area contributed by atoms with Crippen molar-refractivity contribution in [3.05, 3.63) is 65.7 Å². The predicted octanol–water partition coefficient (Wildman–Crippen LogP) is 2.22. The molecule has 3 rings (SSSR count). The first-order valence-electron chi connectivity index (χ1n) is 8.20. The fourth-order valence-electron chi connectivity index (χ4n) is 3.64. The zero-order valence-electron chi connectivity index (χ0n) is 13.9. The molecule has 1 aliphatic carbocycles. The highest BCUT2D eigenvalue weighted by atomic mass is 32.2. The molecule has 25 heavy (non-hydrogen) atoms. The third-order valence-electron chi connectivity index (χ3n) is 5.15. The Morgan fingerprint density at radius 3 is 2.20 bits per heavy atom. The van der Waals surface area contributed by atoms with Gasteiger partial charge in [0.05, 0.1) is 10.1 Å². The third kappa shape index (κ3) is 2.65. The summed E-state index contributed by atoms with van der Waals surface area (Å²) in [4.78, 5) is 12.1. The minimum atomic E-state index is -3.80. The second-order valence-corrected chi connectivity index (χ2v) is 8.47.